The van der Waals surface area contributed by atoms with Crippen LogP contribution in [-0.2, 0) is 16.3 Å². The fourth-order valence-electron chi connectivity index (χ4n) is 3.49. The second-order valence-corrected chi connectivity index (χ2v) is 10.8. The molecule has 0 heterocycles. The van der Waals surface area contributed by atoms with Crippen LogP contribution < -0.4 is 0 Å². The number of thioether (sulfide) groups is 2. The van der Waals surface area contributed by atoms with E-state index in [0.717, 1.165) is 36.5 Å². The predicted molar refractivity (Wildman–Crippen MR) is 153 cm³/mol. The molecule has 2 aromatic rings. The average molecular weight is 538 g/mol. The van der Waals surface area contributed by atoms with Crippen LogP contribution in [0.15, 0.2) is 60.7 Å². The van der Waals surface area contributed by atoms with Gasteiger partial charge in [-0.3, -0.25) is 9.69 Å². The van der Waals surface area contributed by atoms with Crippen molar-refractivity contribution in [1.29, 1.82) is 0 Å². The molecule has 6 nitrogen and oxygen atoms in total. The van der Waals surface area contributed by atoms with E-state index in [4.69, 9.17) is 20.4 Å². The van der Waals surface area contributed by atoms with Gasteiger partial charge in [0.15, 0.2) is 0 Å². The maximum atomic E-state index is 10.7. The number of hydrogen-bond acceptors (Lipinski definition) is 7. The zero-order valence-corrected chi connectivity index (χ0v) is 22.8. The molecule has 0 radical (unpaired) electrons. The van der Waals surface area contributed by atoms with Crippen molar-refractivity contribution in [2.75, 3.05) is 45.2 Å². The van der Waals surface area contributed by atoms with Crippen LogP contribution in [0.4, 0.5) is 0 Å². The lowest BCUT2D eigenvalue weighted by Gasteiger charge is -2.17. The van der Waals surface area contributed by atoms with Crippen LogP contribution in [0.1, 0.15) is 43.2 Å². The molecule has 0 aliphatic heterocycles. The van der Waals surface area contributed by atoms with Gasteiger partial charge in [0, 0.05) is 42.8 Å². The van der Waals surface area contributed by atoms with Crippen molar-refractivity contribution in [3.8, 4) is 0 Å². The number of carboxylic acids is 1. The summed E-state index contributed by atoms with van der Waals surface area (Å²) in [6.07, 6.45) is 4.37. The Bertz CT molecular complexity index is 753. The number of aliphatic hydroxyl groups excluding tert-OH is 3. The van der Waals surface area contributed by atoms with E-state index in [1.807, 2.05) is 23.5 Å². The number of rotatable bonds is 19. The Morgan fingerprint density at radius 2 is 1.28 bits per heavy atom. The first kappa shape index (κ1) is 32.5. The molecule has 2 aromatic carbocycles. The predicted octanol–water partition coefficient (Wildman–Crippen LogP) is 4.52. The average Bonchev–Trinajstić information content (AvgIpc) is 2.89. The molecule has 4 N–H and O–H groups in total. The summed E-state index contributed by atoms with van der Waals surface area (Å²) in [5.41, 5.74) is 2.75. The Morgan fingerprint density at radius 1 is 0.750 bits per heavy atom. The highest BCUT2D eigenvalue weighted by Crippen LogP contribution is 2.27. The summed E-state index contributed by atoms with van der Waals surface area (Å²) in [5, 5.41) is 34.9. The molecule has 1 atom stereocenters. The van der Waals surface area contributed by atoms with E-state index in [2.05, 4.69) is 60.7 Å². The normalized spacial score (nSPS) is 11.7. The number of aliphatic hydroxyl groups is 3. The number of unbranched alkanes of at least 4 members (excludes halogenated alkanes) is 1. The van der Waals surface area contributed by atoms with Crippen LogP contribution in [0.2, 0.25) is 0 Å². The van der Waals surface area contributed by atoms with Crippen molar-refractivity contribution in [1.82, 2.24) is 4.90 Å². The van der Waals surface area contributed by atoms with Crippen molar-refractivity contribution in [2.45, 2.75) is 48.9 Å². The highest BCUT2D eigenvalue weighted by Gasteiger charge is 2.10. The topological polar surface area (TPSA) is 101 Å². The van der Waals surface area contributed by atoms with E-state index >= 15 is 0 Å². The van der Waals surface area contributed by atoms with E-state index in [-0.39, 0.29) is 19.8 Å². The van der Waals surface area contributed by atoms with Crippen LogP contribution in [0, 0.1) is 0 Å². The van der Waals surface area contributed by atoms with Gasteiger partial charge in [-0.15, -0.1) is 0 Å². The molecule has 8 heteroatoms. The van der Waals surface area contributed by atoms with E-state index in [1.54, 1.807) is 4.90 Å². The number of benzene rings is 2. The lowest BCUT2D eigenvalue weighted by atomic mass is 10.1. The fourth-order valence-corrected chi connectivity index (χ4v) is 5.90. The smallest absolute Gasteiger partial charge is 0.303 e. The number of carbonyl (C=O) groups is 1. The molecular formula is C28H43NO5S2. The number of hydrogen-bond donors (Lipinski definition) is 4. The SMILES string of the molecule is O=C(O)CCCCC(CCSCc1ccccc1)SCc1ccccc1.OCCN(CCO)CCO. The molecule has 0 saturated heterocycles. The molecule has 202 valence electrons. The first-order chi connectivity index (χ1) is 17.6. The third-order valence-corrected chi connectivity index (χ3v) is 7.94. The quantitative estimate of drug-likeness (QED) is 0.194. The van der Waals surface area contributed by atoms with Crippen LogP contribution in [0.3, 0.4) is 0 Å². The minimum atomic E-state index is -0.683. The molecule has 36 heavy (non-hydrogen) atoms. The van der Waals surface area contributed by atoms with Crippen LogP contribution in [0.5, 0.6) is 0 Å². The standard InChI is InChI=1S/C22H28O2S2.C6H15NO3/c23-22(24)14-8-7-13-21(26-18-20-11-5-2-6-12-20)15-16-25-17-19-9-3-1-4-10-19;8-4-1-7(2-5-9)3-6-10/h1-6,9-12,21H,7-8,13-18H2,(H,23,24);8-10H,1-6H2. The molecule has 0 aliphatic rings. The van der Waals surface area contributed by atoms with Crippen LogP contribution in [0.25, 0.3) is 0 Å². The summed E-state index contributed by atoms with van der Waals surface area (Å²) in [4.78, 5) is 12.5. The Hall–Kier alpha value is -1.55. The van der Waals surface area contributed by atoms with Crippen molar-refractivity contribution < 1.29 is 25.2 Å². The van der Waals surface area contributed by atoms with E-state index in [0.29, 0.717) is 31.3 Å². The maximum Gasteiger partial charge on any atom is 0.303 e. The Balaban J connectivity index is 0.000000548. The van der Waals surface area contributed by atoms with Gasteiger partial charge in [-0.25, -0.2) is 0 Å². The van der Waals surface area contributed by atoms with Crippen molar-refractivity contribution >= 4 is 29.5 Å². The zero-order valence-electron chi connectivity index (χ0n) is 21.2. The molecule has 0 fully saturated rings. The fraction of sp³-hybridized carbons (Fsp3) is 0.536. The van der Waals surface area contributed by atoms with E-state index in [1.165, 1.54) is 17.5 Å². The number of nitrogens with zero attached hydrogens (tertiary/aromatic N) is 1. The molecule has 0 aromatic heterocycles. The zero-order chi connectivity index (χ0) is 26.3. The van der Waals surface area contributed by atoms with E-state index in [9.17, 15) is 4.79 Å². The minimum absolute atomic E-state index is 0.0694. The first-order valence-electron chi connectivity index (χ1n) is 12.6. The van der Waals surface area contributed by atoms with E-state index < -0.39 is 5.97 Å². The largest absolute Gasteiger partial charge is 0.481 e. The van der Waals surface area contributed by atoms with Crippen molar-refractivity contribution in [2.24, 2.45) is 0 Å². The van der Waals surface area contributed by atoms with Gasteiger partial charge < -0.3 is 20.4 Å². The summed E-state index contributed by atoms with van der Waals surface area (Å²) in [6.45, 7) is 1.75. The van der Waals surface area contributed by atoms with Gasteiger partial charge in [0.2, 0.25) is 0 Å². The van der Waals surface area contributed by atoms with Crippen molar-refractivity contribution in [3.63, 3.8) is 0 Å². The van der Waals surface area contributed by atoms with Gasteiger partial charge >= 0.3 is 5.97 Å². The highest BCUT2D eigenvalue weighted by molar-refractivity contribution is 7.99. The molecule has 0 bridgehead atoms. The molecule has 2 rings (SSSR count). The lowest BCUT2D eigenvalue weighted by molar-refractivity contribution is -0.137. The summed E-state index contributed by atoms with van der Waals surface area (Å²) >= 11 is 4.01. The molecule has 0 saturated carbocycles. The van der Waals surface area contributed by atoms with Crippen LogP contribution in [-0.4, -0.2) is 81.8 Å². The monoisotopic (exact) mass is 537 g/mol. The van der Waals surface area contributed by atoms with Crippen molar-refractivity contribution in [3.05, 3.63) is 71.8 Å². The van der Waals surface area contributed by atoms with Crippen LogP contribution >= 0.6 is 23.5 Å². The Morgan fingerprint density at radius 3 is 1.78 bits per heavy atom. The third-order valence-electron chi connectivity index (χ3n) is 5.44. The lowest BCUT2D eigenvalue weighted by Crippen LogP contribution is -2.32. The van der Waals surface area contributed by atoms with Gasteiger partial charge in [-0.1, -0.05) is 67.1 Å². The number of carboxylic acid groups (broad SMARTS) is 1. The number of aliphatic carboxylic acids is 1. The van der Waals surface area contributed by atoms with Gasteiger partial charge in [-0.05, 0) is 36.1 Å². The molecular weight excluding hydrogens is 494 g/mol. The minimum Gasteiger partial charge on any atom is -0.481 e. The van der Waals surface area contributed by atoms with Gasteiger partial charge in [0.1, 0.15) is 0 Å². The van der Waals surface area contributed by atoms with Gasteiger partial charge in [0.25, 0.3) is 0 Å². The third kappa shape index (κ3) is 17.8. The molecule has 1 unspecified atom stereocenters. The first-order valence-corrected chi connectivity index (χ1v) is 14.8. The molecule has 0 aliphatic carbocycles. The van der Waals surface area contributed by atoms with Gasteiger partial charge in [0.05, 0.1) is 19.8 Å². The molecule has 0 spiro atoms. The summed E-state index contributed by atoms with van der Waals surface area (Å²) in [5.74, 6) is 2.57. The Labute approximate surface area is 225 Å². The summed E-state index contributed by atoms with van der Waals surface area (Å²) in [7, 11) is 0. The van der Waals surface area contributed by atoms with Gasteiger partial charge in [-0.2, -0.15) is 23.5 Å². The molecule has 0 amide bonds. The second-order valence-electron chi connectivity index (χ2n) is 8.40. The maximum absolute atomic E-state index is 10.7. The summed E-state index contributed by atoms with van der Waals surface area (Å²) in [6, 6.07) is 21.2. The Kier molecular flexibility index (Phi) is 20.4. The highest BCUT2D eigenvalue weighted by atomic mass is 32.2. The second kappa shape index (κ2) is 22.6. The summed E-state index contributed by atoms with van der Waals surface area (Å²) < 4.78 is 0.